The summed E-state index contributed by atoms with van der Waals surface area (Å²) in [6.07, 6.45) is 2.05. The lowest BCUT2D eigenvalue weighted by Crippen LogP contribution is -2.49. The van der Waals surface area contributed by atoms with E-state index in [-0.39, 0.29) is 11.9 Å². The van der Waals surface area contributed by atoms with Gasteiger partial charge in [0.05, 0.1) is 12.6 Å². The molecule has 0 aliphatic carbocycles. The van der Waals surface area contributed by atoms with Crippen LogP contribution in [0.2, 0.25) is 0 Å². The van der Waals surface area contributed by atoms with Crippen molar-refractivity contribution in [2.45, 2.75) is 45.7 Å². The SMILES string of the molecule is CCC(CC)N(CCOC)C(C)C(N)=O. The average Bonchev–Trinajstić information content (AvgIpc) is 2.23. The molecule has 90 valence electrons. The fraction of sp³-hybridized carbons (Fsp3) is 0.909. The Morgan fingerprint density at radius 1 is 1.40 bits per heavy atom. The van der Waals surface area contributed by atoms with Crippen LogP contribution < -0.4 is 5.73 Å². The van der Waals surface area contributed by atoms with Crippen molar-refractivity contribution < 1.29 is 9.53 Å². The zero-order chi connectivity index (χ0) is 11.8. The Morgan fingerprint density at radius 2 is 1.93 bits per heavy atom. The smallest absolute Gasteiger partial charge is 0.234 e. The number of ether oxygens (including phenoxy) is 1. The van der Waals surface area contributed by atoms with Gasteiger partial charge in [0.1, 0.15) is 0 Å². The summed E-state index contributed by atoms with van der Waals surface area (Å²) in [5, 5.41) is 0. The number of amides is 1. The second kappa shape index (κ2) is 7.65. The first-order valence-electron chi connectivity index (χ1n) is 5.62. The molecule has 0 aromatic rings. The summed E-state index contributed by atoms with van der Waals surface area (Å²) >= 11 is 0. The van der Waals surface area contributed by atoms with Gasteiger partial charge in [-0.25, -0.2) is 0 Å². The van der Waals surface area contributed by atoms with E-state index < -0.39 is 0 Å². The van der Waals surface area contributed by atoms with Gasteiger partial charge in [0.15, 0.2) is 0 Å². The van der Waals surface area contributed by atoms with Crippen LogP contribution in [-0.2, 0) is 9.53 Å². The molecule has 0 saturated heterocycles. The third kappa shape index (κ3) is 4.62. The third-order valence-electron chi connectivity index (χ3n) is 2.87. The Kier molecular flexibility index (Phi) is 7.34. The summed E-state index contributed by atoms with van der Waals surface area (Å²) in [7, 11) is 1.67. The minimum absolute atomic E-state index is 0.218. The largest absolute Gasteiger partial charge is 0.383 e. The van der Waals surface area contributed by atoms with Crippen LogP contribution in [0.5, 0.6) is 0 Å². The van der Waals surface area contributed by atoms with Crippen LogP contribution in [0.1, 0.15) is 33.6 Å². The molecule has 0 bridgehead atoms. The summed E-state index contributed by atoms with van der Waals surface area (Å²) in [6.45, 7) is 7.50. The van der Waals surface area contributed by atoms with Crippen molar-refractivity contribution in [2.75, 3.05) is 20.3 Å². The number of carbonyl (C=O) groups excluding carboxylic acids is 1. The fourth-order valence-corrected chi connectivity index (χ4v) is 1.81. The zero-order valence-electron chi connectivity index (χ0n) is 10.3. The van der Waals surface area contributed by atoms with Crippen molar-refractivity contribution in [3.63, 3.8) is 0 Å². The van der Waals surface area contributed by atoms with Gasteiger partial charge in [0.2, 0.25) is 5.91 Å². The van der Waals surface area contributed by atoms with Gasteiger partial charge >= 0.3 is 0 Å². The monoisotopic (exact) mass is 216 g/mol. The summed E-state index contributed by atoms with van der Waals surface area (Å²) in [5.74, 6) is -0.266. The van der Waals surface area contributed by atoms with Crippen LogP contribution in [0.25, 0.3) is 0 Å². The van der Waals surface area contributed by atoms with Gasteiger partial charge in [0.25, 0.3) is 0 Å². The summed E-state index contributed by atoms with van der Waals surface area (Å²) < 4.78 is 5.05. The van der Waals surface area contributed by atoms with E-state index in [1.807, 2.05) is 6.92 Å². The van der Waals surface area contributed by atoms with Crippen LogP contribution in [0.15, 0.2) is 0 Å². The van der Waals surface area contributed by atoms with Crippen LogP contribution >= 0.6 is 0 Å². The average molecular weight is 216 g/mol. The minimum Gasteiger partial charge on any atom is -0.383 e. The molecule has 0 aliphatic rings. The van der Waals surface area contributed by atoms with Gasteiger partial charge in [-0.2, -0.15) is 0 Å². The van der Waals surface area contributed by atoms with Crippen molar-refractivity contribution in [2.24, 2.45) is 5.73 Å². The van der Waals surface area contributed by atoms with Gasteiger partial charge in [-0.1, -0.05) is 13.8 Å². The first-order chi connectivity index (χ1) is 7.08. The van der Waals surface area contributed by atoms with Crippen molar-refractivity contribution in [1.82, 2.24) is 4.90 Å². The molecule has 0 saturated carbocycles. The van der Waals surface area contributed by atoms with E-state index in [0.717, 1.165) is 19.4 Å². The molecule has 1 atom stereocenters. The molecule has 4 heteroatoms. The highest BCUT2D eigenvalue weighted by molar-refractivity contribution is 5.79. The lowest BCUT2D eigenvalue weighted by atomic mass is 10.1. The molecule has 0 aliphatic heterocycles. The normalized spacial score (nSPS) is 13.5. The number of carbonyl (C=O) groups is 1. The summed E-state index contributed by atoms with van der Waals surface area (Å²) in [5.41, 5.74) is 5.33. The molecular formula is C11H24N2O2. The van der Waals surface area contributed by atoms with Gasteiger partial charge in [-0.05, 0) is 19.8 Å². The molecule has 2 N–H and O–H groups in total. The van der Waals surface area contributed by atoms with Crippen LogP contribution in [-0.4, -0.2) is 43.2 Å². The Hall–Kier alpha value is -0.610. The van der Waals surface area contributed by atoms with Crippen LogP contribution in [0.4, 0.5) is 0 Å². The number of methoxy groups -OCH3 is 1. The highest BCUT2D eigenvalue weighted by Gasteiger charge is 2.24. The Bertz CT molecular complexity index is 181. The molecule has 0 radical (unpaired) electrons. The zero-order valence-corrected chi connectivity index (χ0v) is 10.3. The number of nitrogens with zero attached hydrogens (tertiary/aromatic N) is 1. The maximum Gasteiger partial charge on any atom is 0.234 e. The summed E-state index contributed by atoms with van der Waals surface area (Å²) in [6, 6.07) is 0.188. The molecule has 0 fully saturated rings. The van der Waals surface area contributed by atoms with Crippen molar-refractivity contribution in [3.05, 3.63) is 0 Å². The molecule has 0 aromatic carbocycles. The maximum absolute atomic E-state index is 11.2. The second-order valence-corrected chi connectivity index (χ2v) is 3.78. The van der Waals surface area contributed by atoms with E-state index in [0.29, 0.717) is 12.6 Å². The molecule has 1 unspecified atom stereocenters. The molecule has 15 heavy (non-hydrogen) atoms. The second-order valence-electron chi connectivity index (χ2n) is 3.78. The lowest BCUT2D eigenvalue weighted by Gasteiger charge is -2.33. The Morgan fingerprint density at radius 3 is 2.27 bits per heavy atom. The van der Waals surface area contributed by atoms with Crippen molar-refractivity contribution in [1.29, 1.82) is 0 Å². The molecule has 0 rings (SSSR count). The van der Waals surface area contributed by atoms with Gasteiger partial charge in [0, 0.05) is 19.7 Å². The predicted molar refractivity (Wildman–Crippen MR) is 61.6 cm³/mol. The highest BCUT2D eigenvalue weighted by atomic mass is 16.5. The van der Waals surface area contributed by atoms with E-state index in [2.05, 4.69) is 18.7 Å². The fourth-order valence-electron chi connectivity index (χ4n) is 1.81. The van der Waals surface area contributed by atoms with Crippen LogP contribution in [0, 0.1) is 0 Å². The van der Waals surface area contributed by atoms with Crippen molar-refractivity contribution in [3.8, 4) is 0 Å². The number of rotatable bonds is 8. The van der Waals surface area contributed by atoms with E-state index in [4.69, 9.17) is 10.5 Å². The molecule has 1 amide bonds. The molecule has 0 aromatic heterocycles. The van der Waals surface area contributed by atoms with Gasteiger partial charge < -0.3 is 10.5 Å². The van der Waals surface area contributed by atoms with Crippen LogP contribution in [0.3, 0.4) is 0 Å². The molecular weight excluding hydrogens is 192 g/mol. The third-order valence-corrected chi connectivity index (χ3v) is 2.87. The quantitative estimate of drug-likeness (QED) is 0.658. The van der Waals surface area contributed by atoms with E-state index in [1.165, 1.54) is 0 Å². The van der Waals surface area contributed by atoms with Gasteiger partial charge in [-0.15, -0.1) is 0 Å². The summed E-state index contributed by atoms with van der Waals surface area (Å²) in [4.78, 5) is 13.3. The first-order valence-corrected chi connectivity index (χ1v) is 5.62. The number of hydrogen-bond acceptors (Lipinski definition) is 3. The van der Waals surface area contributed by atoms with E-state index in [9.17, 15) is 4.79 Å². The molecule has 0 heterocycles. The number of primary amides is 1. The predicted octanol–water partition coefficient (Wildman–Crippen LogP) is 0.997. The Balaban J connectivity index is 4.46. The maximum atomic E-state index is 11.2. The Labute approximate surface area is 92.8 Å². The van der Waals surface area contributed by atoms with Gasteiger partial charge in [-0.3, -0.25) is 9.69 Å². The first kappa shape index (κ1) is 14.4. The van der Waals surface area contributed by atoms with E-state index in [1.54, 1.807) is 7.11 Å². The molecule has 0 spiro atoms. The number of hydrogen-bond donors (Lipinski definition) is 1. The number of nitrogens with two attached hydrogens (primary N) is 1. The molecule has 4 nitrogen and oxygen atoms in total. The van der Waals surface area contributed by atoms with Crippen molar-refractivity contribution >= 4 is 5.91 Å². The topological polar surface area (TPSA) is 55.6 Å². The minimum atomic E-state index is -0.266. The van der Waals surface area contributed by atoms with E-state index >= 15 is 0 Å². The highest BCUT2D eigenvalue weighted by Crippen LogP contribution is 2.12. The lowest BCUT2D eigenvalue weighted by molar-refractivity contribution is -0.123. The standard InChI is InChI=1S/C11H24N2O2/c1-5-10(6-2)13(7-8-15-4)9(3)11(12)14/h9-10H,5-8H2,1-4H3,(H2,12,14).